The van der Waals surface area contributed by atoms with Crippen LogP contribution in [0, 0.1) is 0 Å². The zero-order chi connectivity index (χ0) is 25.0. The van der Waals surface area contributed by atoms with Crippen molar-refractivity contribution in [2.45, 2.75) is 13.8 Å². The van der Waals surface area contributed by atoms with Crippen LogP contribution in [0.3, 0.4) is 0 Å². The zero-order valence-corrected chi connectivity index (χ0v) is 23.1. The number of carbonyl (C=O) groups is 2. The molecule has 0 saturated carbocycles. The number of hydrogen-bond donors (Lipinski definition) is 0. The Morgan fingerprint density at radius 2 is 0.600 bits per heavy atom. The van der Waals surface area contributed by atoms with Crippen LogP contribution in [-0.2, 0) is 30.0 Å². The first kappa shape index (κ1) is 32.3. The summed E-state index contributed by atoms with van der Waals surface area (Å²) < 4.78 is 0. The van der Waals surface area contributed by atoms with Gasteiger partial charge in [0.2, 0.25) is 0 Å². The van der Waals surface area contributed by atoms with E-state index in [2.05, 4.69) is 121 Å². The second-order valence-electron chi connectivity index (χ2n) is 6.70. The molecule has 0 heterocycles. The van der Waals surface area contributed by atoms with Crippen LogP contribution in [-0.4, -0.2) is 11.9 Å². The molecule has 0 unspecified atom stereocenters. The topological polar surface area (TPSA) is 80.3 Å². The molecule has 7 heteroatoms. The molecule has 0 aliphatic carbocycles. The second-order valence-corrected chi connectivity index (χ2v) is 9.51. The molecule has 0 aromatic heterocycles. The monoisotopic (exact) mass is 596 g/mol. The van der Waals surface area contributed by atoms with E-state index in [-0.39, 0.29) is 20.4 Å². The minimum Gasteiger partial charge on any atom is -0.550 e. The molecule has 4 rings (SSSR count). The van der Waals surface area contributed by atoms with Crippen LogP contribution in [0.25, 0.3) is 0 Å². The standard InChI is InChI=1S/2C12H11P.2C2H4O2.Pd/c2*1-3-7-11(8-4-1)13-12-9-5-2-6-10-12;2*1-2(3)4;/h2*1-10,13H;2*1H3,(H,3,4);/q;;;;+2/p-2. The van der Waals surface area contributed by atoms with Crippen LogP contribution in [0.5, 0.6) is 0 Å². The van der Waals surface area contributed by atoms with Crippen LogP contribution >= 0.6 is 17.2 Å². The number of carbonyl (C=O) groups excluding carboxylic acids is 2. The number of aliphatic carboxylic acids is 2. The molecule has 0 spiro atoms. The molecule has 35 heavy (non-hydrogen) atoms. The van der Waals surface area contributed by atoms with Gasteiger partial charge in [-0.3, -0.25) is 0 Å². The summed E-state index contributed by atoms with van der Waals surface area (Å²) in [5.41, 5.74) is 0. The summed E-state index contributed by atoms with van der Waals surface area (Å²) in [6, 6.07) is 42.3. The molecule has 0 bridgehead atoms. The average molecular weight is 597 g/mol. The van der Waals surface area contributed by atoms with E-state index in [1.54, 1.807) is 0 Å². The van der Waals surface area contributed by atoms with Crippen LogP contribution < -0.4 is 31.4 Å². The number of hydrogen-bond acceptors (Lipinski definition) is 4. The normalized spacial score (nSPS) is 8.74. The first-order valence-corrected chi connectivity index (χ1v) is 12.5. The Hall–Kier alpha value is -2.66. The Morgan fingerprint density at radius 1 is 0.457 bits per heavy atom. The molecule has 0 amide bonds. The van der Waals surface area contributed by atoms with Crippen LogP contribution in [0.15, 0.2) is 121 Å². The zero-order valence-electron chi connectivity index (χ0n) is 19.5. The summed E-state index contributed by atoms with van der Waals surface area (Å²) >= 11 is 0. The van der Waals surface area contributed by atoms with Crippen molar-refractivity contribution in [3.63, 3.8) is 0 Å². The van der Waals surface area contributed by atoms with E-state index in [0.29, 0.717) is 0 Å². The predicted molar refractivity (Wildman–Crippen MR) is 142 cm³/mol. The third-order valence-corrected chi connectivity index (χ3v) is 6.16. The van der Waals surface area contributed by atoms with Gasteiger partial charge in [-0.1, -0.05) is 138 Å². The molecule has 0 fully saturated rings. The molecule has 0 aliphatic rings. The van der Waals surface area contributed by atoms with E-state index in [0.717, 1.165) is 31.0 Å². The van der Waals surface area contributed by atoms with Crippen molar-refractivity contribution in [2.24, 2.45) is 0 Å². The van der Waals surface area contributed by atoms with E-state index in [4.69, 9.17) is 19.8 Å². The quantitative estimate of drug-likeness (QED) is 0.267. The summed E-state index contributed by atoms with van der Waals surface area (Å²) in [5.74, 6) is -2.17. The number of benzene rings is 4. The first-order chi connectivity index (χ1) is 16.4. The van der Waals surface area contributed by atoms with Gasteiger partial charge < -0.3 is 19.8 Å². The maximum absolute atomic E-state index is 8.89. The van der Waals surface area contributed by atoms with Crippen LogP contribution in [0.2, 0.25) is 0 Å². The van der Waals surface area contributed by atoms with Crippen molar-refractivity contribution in [3.8, 4) is 0 Å². The van der Waals surface area contributed by atoms with Gasteiger partial charge in [-0.05, 0) is 35.1 Å². The van der Waals surface area contributed by atoms with Crippen molar-refractivity contribution in [3.05, 3.63) is 121 Å². The summed E-state index contributed by atoms with van der Waals surface area (Å²) in [6.07, 6.45) is 0. The van der Waals surface area contributed by atoms with Gasteiger partial charge in [-0.2, -0.15) is 0 Å². The Bertz CT molecular complexity index is 893. The molecular formula is C28H28O4P2Pd. The molecule has 4 aromatic carbocycles. The van der Waals surface area contributed by atoms with Crippen molar-refractivity contribution in [1.29, 1.82) is 0 Å². The average Bonchev–Trinajstić information content (AvgIpc) is 2.82. The summed E-state index contributed by atoms with van der Waals surface area (Å²) in [7, 11) is 1.55. The largest absolute Gasteiger partial charge is 2.00 e. The predicted octanol–water partition coefficient (Wildman–Crippen LogP) is 2.14. The molecular weight excluding hydrogens is 569 g/mol. The van der Waals surface area contributed by atoms with E-state index in [1.165, 1.54) is 21.2 Å². The van der Waals surface area contributed by atoms with Gasteiger partial charge in [0.1, 0.15) is 0 Å². The second kappa shape index (κ2) is 20.7. The fraction of sp³-hybridized carbons (Fsp3) is 0.0714. The van der Waals surface area contributed by atoms with Crippen molar-refractivity contribution in [2.75, 3.05) is 0 Å². The van der Waals surface area contributed by atoms with E-state index in [9.17, 15) is 0 Å². The SMILES string of the molecule is CC(=O)[O-].CC(=O)[O-].[Pd+2].c1ccc(Pc2ccccc2)cc1.c1ccc(Pc2ccccc2)cc1. The van der Waals surface area contributed by atoms with Gasteiger partial charge in [-0.15, -0.1) is 0 Å². The van der Waals surface area contributed by atoms with Gasteiger partial charge >= 0.3 is 20.4 Å². The molecule has 0 aliphatic heterocycles. The van der Waals surface area contributed by atoms with Crippen molar-refractivity contribution < 1.29 is 40.2 Å². The summed E-state index contributed by atoms with van der Waals surface area (Å²) in [6.45, 7) is 1.94. The maximum atomic E-state index is 8.89. The maximum Gasteiger partial charge on any atom is 2.00 e. The Morgan fingerprint density at radius 3 is 0.743 bits per heavy atom. The first-order valence-electron chi connectivity index (χ1n) is 10.5. The fourth-order valence-corrected chi connectivity index (χ4v) is 4.52. The molecule has 4 aromatic rings. The van der Waals surface area contributed by atoms with Gasteiger partial charge in [0.05, 0.1) is 0 Å². The molecule has 4 nitrogen and oxygen atoms in total. The Balaban J connectivity index is 0.000000499. The molecule has 0 N–H and O–H groups in total. The molecule has 184 valence electrons. The Kier molecular flexibility index (Phi) is 19.1. The number of carboxylic acids is 2. The smallest absolute Gasteiger partial charge is 0.550 e. The van der Waals surface area contributed by atoms with Crippen molar-refractivity contribution in [1.82, 2.24) is 0 Å². The van der Waals surface area contributed by atoms with E-state index >= 15 is 0 Å². The number of rotatable bonds is 4. The third kappa shape index (κ3) is 19.4. The van der Waals surface area contributed by atoms with Crippen LogP contribution in [0.1, 0.15) is 13.8 Å². The summed E-state index contributed by atoms with van der Waals surface area (Å²) in [4.78, 5) is 17.8. The minimum absolute atomic E-state index is 0. The molecule has 0 saturated heterocycles. The minimum atomic E-state index is -1.08. The third-order valence-electron chi connectivity index (χ3n) is 3.67. The van der Waals surface area contributed by atoms with E-state index in [1.807, 2.05) is 0 Å². The van der Waals surface area contributed by atoms with Gasteiger partial charge in [0, 0.05) is 11.9 Å². The van der Waals surface area contributed by atoms with Crippen LogP contribution in [0.4, 0.5) is 0 Å². The van der Waals surface area contributed by atoms with Gasteiger partial charge in [0.15, 0.2) is 0 Å². The summed E-state index contributed by atoms with van der Waals surface area (Å²) in [5, 5.41) is 23.4. The van der Waals surface area contributed by atoms with Gasteiger partial charge in [-0.25, -0.2) is 0 Å². The number of carboxylic acid groups (broad SMARTS) is 2. The van der Waals surface area contributed by atoms with E-state index < -0.39 is 11.9 Å². The van der Waals surface area contributed by atoms with Crippen molar-refractivity contribution >= 4 is 50.3 Å². The molecule has 0 radical (unpaired) electrons. The Labute approximate surface area is 225 Å². The van der Waals surface area contributed by atoms with Gasteiger partial charge in [0.25, 0.3) is 0 Å². The molecule has 0 atom stereocenters. The fourth-order valence-electron chi connectivity index (χ4n) is 2.42.